The predicted molar refractivity (Wildman–Crippen MR) is 73.1 cm³/mol. The third kappa shape index (κ3) is 2.92. The maximum Gasteiger partial charge on any atom is 0.262 e. The van der Waals surface area contributed by atoms with Gasteiger partial charge in [0.2, 0.25) is 5.91 Å². The number of aryl methyl sites for hydroxylation is 1. The summed E-state index contributed by atoms with van der Waals surface area (Å²) in [4.78, 5) is 14.0. The summed E-state index contributed by atoms with van der Waals surface area (Å²) in [6.07, 6.45) is 3.10. The van der Waals surface area contributed by atoms with Gasteiger partial charge in [-0.05, 0) is 18.9 Å². The molecule has 2 saturated heterocycles. The zero-order valence-electron chi connectivity index (χ0n) is 12.1. The normalized spacial score (nSPS) is 26.2. The van der Waals surface area contributed by atoms with E-state index in [1.165, 1.54) is 5.69 Å². The number of likely N-dealkylation sites (tertiary alicyclic amines) is 1. The second kappa shape index (κ2) is 5.36. The summed E-state index contributed by atoms with van der Waals surface area (Å²) in [5.41, 5.74) is 1.17. The number of piperidine rings is 1. The van der Waals surface area contributed by atoms with E-state index < -0.39 is 18.5 Å². The molecule has 7 heteroatoms. The van der Waals surface area contributed by atoms with Crippen LogP contribution in [0.25, 0.3) is 0 Å². The Morgan fingerprint density at radius 2 is 2.14 bits per heavy atom. The summed E-state index contributed by atoms with van der Waals surface area (Å²) >= 11 is 0. The minimum Gasteiger partial charge on any atom is -0.341 e. The smallest absolute Gasteiger partial charge is 0.262 e. The third-order valence-electron chi connectivity index (χ3n) is 4.49. The Labute approximate surface area is 122 Å². The zero-order valence-corrected chi connectivity index (χ0v) is 12.1. The lowest BCUT2D eigenvalue weighted by Gasteiger charge is -2.33. The van der Waals surface area contributed by atoms with Crippen LogP contribution in [0.4, 0.5) is 8.78 Å². The maximum absolute atomic E-state index is 13.2. The summed E-state index contributed by atoms with van der Waals surface area (Å²) < 4.78 is 28.2. The fourth-order valence-corrected chi connectivity index (χ4v) is 3.29. The van der Waals surface area contributed by atoms with Crippen LogP contribution in [0.3, 0.4) is 0 Å². The average Bonchev–Trinajstić information content (AvgIpc) is 3.04. The Morgan fingerprint density at radius 3 is 2.67 bits per heavy atom. The van der Waals surface area contributed by atoms with Crippen LogP contribution in [-0.4, -0.2) is 52.2 Å². The molecular weight excluding hydrogens is 278 g/mol. The van der Waals surface area contributed by atoms with E-state index in [0.717, 1.165) is 12.8 Å². The predicted octanol–water partition coefficient (Wildman–Crippen LogP) is 1.12. The Bertz CT molecular complexity index is 523. The van der Waals surface area contributed by atoms with Gasteiger partial charge in [0.05, 0.1) is 12.6 Å². The minimum absolute atomic E-state index is 0.185. The Hall–Kier alpha value is -1.50. The van der Waals surface area contributed by atoms with Crippen LogP contribution in [-0.2, 0) is 11.8 Å². The number of aromatic nitrogens is 2. The van der Waals surface area contributed by atoms with Crippen LogP contribution in [0, 0.1) is 0 Å². The van der Waals surface area contributed by atoms with Crippen molar-refractivity contribution in [1.29, 1.82) is 0 Å². The molecule has 0 aliphatic carbocycles. The number of carbonyl (C=O) groups excluding carboxylic acids is 1. The van der Waals surface area contributed by atoms with Crippen LogP contribution in [0.15, 0.2) is 12.3 Å². The van der Waals surface area contributed by atoms with Crippen LogP contribution in [0.2, 0.25) is 0 Å². The topological polar surface area (TPSA) is 50.2 Å². The number of alkyl halides is 2. The lowest BCUT2D eigenvalue weighted by atomic mass is 9.93. The van der Waals surface area contributed by atoms with Gasteiger partial charge in [-0.1, -0.05) is 0 Å². The molecule has 0 bridgehead atoms. The minimum atomic E-state index is -2.76. The highest BCUT2D eigenvalue weighted by molar-refractivity contribution is 5.82. The van der Waals surface area contributed by atoms with Gasteiger partial charge in [0.1, 0.15) is 0 Å². The molecule has 5 nitrogen and oxygen atoms in total. The number of nitrogens with zero attached hydrogens (tertiary/aromatic N) is 3. The van der Waals surface area contributed by atoms with Crippen LogP contribution in [0.5, 0.6) is 0 Å². The van der Waals surface area contributed by atoms with Crippen molar-refractivity contribution >= 4 is 5.91 Å². The van der Waals surface area contributed by atoms with Crippen molar-refractivity contribution in [2.45, 2.75) is 37.1 Å². The fourth-order valence-electron chi connectivity index (χ4n) is 3.29. The molecule has 2 fully saturated rings. The SMILES string of the molecule is Cn1nccc1C1CCN(C(=O)C2CC(F)(F)CN2)CC1. The number of amides is 1. The van der Waals surface area contributed by atoms with Gasteiger partial charge in [0.15, 0.2) is 0 Å². The van der Waals surface area contributed by atoms with E-state index in [1.54, 1.807) is 11.1 Å². The van der Waals surface area contributed by atoms with Gasteiger partial charge in [-0.3, -0.25) is 14.8 Å². The Kier molecular flexibility index (Phi) is 3.69. The second-order valence-electron chi connectivity index (χ2n) is 5.97. The number of halogens is 2. The third-order valence-corrected chi connectivity index (χ3v) is 4.49. The molecular formula is C14H20F2N4O. The molecule has 1 atom stereocenters. The summed E-state index contributed by atoms with van der Waals surface area (Å²) in [7, 11) is 1.91. The molecule has 3 rings (SSSR count). The van der Waals surface area contributed by atoms with Crippen LogP contribution >= 0.6 is 0 Å². The van der Waals surface area contributed by atoms with Gasteiger partial charge in [-0.2, -0.15) is 5.10 Å². The first-order valence-corrected chi connectivity index (χ1v) is 7.34. The van der Waals surface area contributed by atoms with Crippen molar-refractivity contribution in [1.82, 2.24) is 20.0 Å². The van der Waals surface area contributed by atoms with Gasteiger partial charge in [0, 0.05) is 44.4 Å². The highest BCUT2D eigenvalue weighted by atomic mass is 19.3. The van der Waals surface area contributed by atoms with E-state index in [4.69, 9.17) is 0 Å². The summed E-state index contributed by atoms with van der Waals surface area (Å²) in [5, 5.41) is 6.80. The Balaban J connectivity index is 1.56. The van der Waals surface area contributed by atoms with Crippen LogP contribution in [0.1, 0.15) is 30.9 Å². The van der Waals surface area contributed by atoms with Crippen molar-refractivity contribution in [3.8, 4) is 0 Å². The zero-order chi connectivity index (χ0) is 15.0. The number of carbonyl (C=O) groups is 1. The number of hydrogen-bond acceptors (Lipinski definition) is 3. The van der Waals surface area contributed by atoms with Gasteiger partial charge >= 0.3 is 0 Å². The molecule has 1 unspecified atom stereocenters. The average molecular weight is 298 g/mol. The molecule has 2 aliphatic heterocycles. The number of rotatable bonds is 2. The highest BCUT2D eigenvalue weighted by Gasteiger charge is 2.43. The van der Waals surface area contributed by atoms with E-state index >= 15 is 0 Å². The lowest BCUT2D eigenvalue weighted by Crippen LogP contribution is -2.46. The molecule has 0 aromatic carbocycles. The first-order valence-electron chi connectivity index (χ1n) is 7.34. The summed E-state index contributed by atoms with van der Waals surface area (Å²) in [5.74, 6) is -2.55. The molecule has 2 aliphatic rings. The molecule has 1 aromatic rings. The van der Waals surface area contributed by atoms with Gasteiger partial charge < -0.3 is 4.90 Å². The van der Waals surface area contributed by atoms with E-state index in [9.17, 15) is 13.6 Å². The first kappa shape index (κ1) is 14.4. The molecule has 116 valence electrons. The van der Waals surface area contributed by atoms with Crippen molar-refractivity contribution in [3.05, 3.63) is 18.0 Å². The van der Waals surface area contributed by atoms with Crippen molar-refractivity contribution in [3.63, 3.8) is 0 Å². The Morgan fingerprint density at radius 1 is 1.43 bits per heavy atom. The van der Waals surface area contributed by atoms with E-state index in [0.29, 0.717) is 19.0 Å². The standard InChI is InChI=1S/C14H20F2N4O/c1-19-12(2-5-18-19)10-3-6-20(7-4-10)13(21)11-8-14(15,16)9-17-11/h2,5,10-11,17H,3-4,6-9H2,1H3. The van der Waals surface area contributed by atoms with Gasteiger partial charge in [0.25, 0.3) is 5.92 Å². The molecule has 3 heterocycles. The molecule has 1 N–H and O–H groups in total. The van der Waals surface area contributed by atoms with Gasteiger partial charge in [-0.15, -0.1) is 0 Å². The molecule has 1 amide bonds. The monoisotopic (exact) mass is 298 g/mol. The molecule has 0 spiro atoms. The van der Waals surface area contributed by atoms with E-state index in [-0.39, 0.29) is 12.3 Å². The van der Waals surface area contributed by atoms with Crippen molar-refractivity contribution in [2.75, 3.05) is 19.6 Å². The summed E-state index contributed by atoms with van der Waals surface area (Å²) in [6.45, 7) is 0.853. The number of nitrogens with one attached hydrogen (secondary N) is 1. The van der Waals surface area contributed by atoms with Gasteiger partial charge in [-0.25, -0.2) is 8.78 Å². The summed E-state index contributed by atoms with van der Waals surface area (Å²) in [6, 6.07) is 1.27. The highest BCUT2D eigenvalue weighted by Crippen LogP contribution is 2.30. The molecule has 0 saturated carbocycles. The first-order chi connectivity index (χ1) is 9.96. The van der Waals surface area contributed by atoms with E-state index in [2.05, 4.69) is 10.4 Å². The fraction of sp³-hybridized carbons (Fsp3) is 0.714. The van der Waals surface area contributed by atoms with E-state index in [1.807, 2.05) is 17.8 Å². The second-order valence-corrected chi connectivity index (χ2v) is 5.97. The molecule has 21 heavy (non-hydrogen) atoms. The quantitative estimate of drug-likeness (QED) is 0.890. The van der Waals surface area contributed by atoms with Crippen molar-refractivity contribution < 1.29 is 13.6 Å². The maximum atomic E-state index is 13.2. The molecule has 1 aromatic heterocycles. The number of hydrogen-bond donors (Lipinski definition) is 1. The lowest BCUT2D eigenvalue weighted by molar-refractivity contribution is -0.134. The van der Waals surface area contributed by atoms with Crippen molar-refractivity contribution in [2.24, 2.45) is 7.05 Å². The largest absolute Gasteiger partial charge is 0.341 e. The van der Waals surface area contributed by atoms with Crippen LogP contribution < -0.4 is 5.32 Å². The molecule has 0 radical (unpaired) electrons.